The Hall–Kier alpha value is -2.45. The van der Waals surface area contributed by atoms with Crippen LogP contribution in [0.2, 0.25) is 5.02 Å². The number of rotatable bonds is 5. The summed E-state index contributed by atoms with van der Waals surface area (Å²) in [7, 11) is -3.97. The van der Waals surface area contributed by atoms with Crippen molar-refractivity contribution in [1.82, 2.24) is 10.2 Å². The van der Waals surface area contributed by atoms with Crippen molar-refractivity contribution in [2.24, 2.45) is 0 Å². The summed E-state index contributed by atoms with van der Waals surface area (Å²) in [6.45, 7) is 0. The highest BCUT2D eigenvalue weighted by atomic mass is 35.5. The van der Waals surface area contributed by atoms with E-state index in [9.17, 15) is 17.2 Å². The molecule has 0 spiro atoms. The van der Waals surface area contributed by atoms with Crippen molar-refractivity contribution < 1.29 is 17.2 Å². The summed E-state index contributed by atoms with van der Waals surface area (Å²) in [5, 5.41) is 6.35. The van der Waals surface area contributed by atoms with E-state index in [-0.39, 0.29) is 16.3 Å². The van der Waals surface area contributed by atoms with E-state index in [1.807, 2.05) is 0 Å². The third kappa shape index (κ3) is 3.64. The van der Waals surface area contributed by atoms with Crippen LogP contribution in [0.15, 0.2) is 59.5 Å². The van der Waals surface area contributed by atoms with E-state index in [1.165, 1.54) is 36.4 Å². The van der Waals surface area contributed by atoms with Crippen LogP contribution in [-0.4, -0.2) is 18.6 Å². The summed E-state index contributed by atoms with van der Waals surface area (Å²) in [6, 6.07) is 13.6. The normalized spacial score (nSPS) is 11.7. The number of aromatic amines is 1. The van der Waals surface area contributed by atoms with Crippen molar-refractivity contribution in [3.8, 4) is 11.1 Å². The molecule has 0 bridgehead atoms. The third-order valence-corrected chi connectivity index (χ3v) is 5.04. The van der Waals surface area contributed by atoms with Gasteiger partial charge in [-0.15, -0.1) is 0 Å². The van der Waals surface area contributed by atoms with Gasteiger partial charge in [0.2, 0.25) is 0 Å². The van der Waals surface area contributed by atoms with Gasteiger partial charge in [-0.2, -0.15) is 5.10 Å². The van der Waals surface area contributed by atoms with Crippen molar-refractivity contribution in [3.63, 3.8) is 0 Å². The van der Waals surface area contributed by atoms with Gasteiger partial charge < -0.3 is 0 Å². The first-order valence-electron chi connectivity index (χ1n) is 7.08. The molecule has 3 rings (SSSR count). The number of H-pyrrole nitrogens is 1. The minimum atomic E-state index is -3.97. The lowest BCUT2D eigenvalue weighted by Crippen LogP contribution is -2.13. The molecule has 0 atom stereocenters. The van der Waals surface area contributed by atoms with Crippen LogP contribution in [0.4, 0.5) is 14.6 Å². The van der Waals surface area contributed by atoms with Crippen LogP contribution in [0, 0.1) is 0 Å². The molecular formula is C16H12ClF2N3O2S. The molecule has 2 N–H and O–H groups in total. The zero-order valence-electron chi connectivity index (χ0n) is 12.6. The number of alkyl halides is 2. The SMILES string of the molecule is O=S(=O)(Nc1n[nH]c(C(F)F)c1-c1ccc(Cl)cc1)c1ccccc1. The molecule has 0 aliphatic heterocycles. The number of hydrogen-bond donors (Lipinski definition) is 2. The number of nitrogens with zero attached hydrogens (tertiary/aromatic N) is 1. The van der Waals surface area contributed by atoms with E-state index in [0.717, 1.165) is 0 Å². The first-order valence-corrected chi connectivity index (χ1v) is 8.95. The fourth-order valence-electron chi connectivity index (χ4n) is 2.28. The van der Waals surface area contributed by atoms with Crippen molar-refractivity contribution in [3.05, 3.63) is 65.3 Å². The summed E-state index contributed by atoms with van der Waals surface area (Å²) in [5.41, 5.74) is -0.140. The van der Waals surface area contributed by atoms with E-state index in [1.54, 1.807) is 18.2 Å². The molecule has 0 unspecified atom stereocenters. The summed E-state index contributed by atoms with van der Waals surface area (Å²) in [5.74, 6) is -0.207. The molecule has 0 amide bonds. The molecule has 0 aliphatic carbocycles. The molecule has 130 valence electrons. The lowest BCUT2D eigenvalue weighted by Gasteiger charge is -2.09. The number of hydrogen-bond acceptors (Lipinski definition) is 3. The second-order valence-electron chi connectivity index (χ2n) is 5.09. The van der Waals surface area contributed by atoms with Gasteiger partial charge in [-0.3, -0.25) is 9.82 Å². The largest absolute Gasteiger partial charge is 0.280 e. The van der Waals surface area contributed by atoms with Crippen LogP contribution in [0.5, 0.6) is 0 Å². The van der Waals surface area contributed by atoms with Crippen LogP contribution in [0.1, 0.15) is 12.1 Å². The first-order chi connectivity index (χ1) is 11.9. The van der Waals surface area contributed by atoms with Crippen LogP contribution in [0.25, 0.3) is 11.1 Å². The Morgan fingerprint density at radius 3 is 2.28 bits per heavy atom. The highest BCUT2D eigenvalue weighted by Gasteiger charge is 2.25. The second-order valence-corrected chi connectivity index (χ2v) is 7.21. The summed E-state index contributed by atoms with van der Waals surface area (Å²) >= 11 is 5.82. The highest BCUT2D eigenvalue weighted by molar-refractivity contribution is 7.92. The Kier molecular flexibility index (Phi) is 4.73. The van der Waals surface area contributed by atoms with E-state index in [4.69, 9.17) is 11.6 Å². The maximum absolute atomic E-state index is 13.3. The van der Waals surface area contributed by atoms with E-state index in [0.29, 0.717) is 10.6 Å². The topological polar surface area (TPSA) is 74.8 Å². The zero-order valence-corrected chi connectivity index (χ0v) is 14.2. The number of aromatic nitrogens is 2. The number of benzene rings is 2. The summed E-state index contributed by atoms with van der Waals surface area (Å²) in [4.78, 5) is -0.00125. The minimum absolute atomic E-state index is 0.00125. The molecular weight excluding hydrogens is 372 g/mol. The quantitative estimate of drug-likeness (QED) is 0.682. The van der Waals surface area contributed by atoms with Crippen molar-refractivity contribution in [1.29, 1.82) is 0 Å². The Morgan fingerprint density at radius 2 is 1.68 bits per heavy atom. The molecule has 5 nitrogen and oxygen atoms in total. The Morgan fingerprint density at radius 1 is 1.04 bits per heavy atom. The molecule has 3 aromatic rings. The molecule has 0 saturated heterocycles. The van der Waals surface area contributed by atoms with Gasteiger partial charge in [0.1, 0.15) is 5.69 Å². The molecule has 25 heavy (non-hydrogen) atoms. The van der Waals surface area contributed by atoms with Crippen LogP contribution in [-0.2, 0) is 10.0 Å². The Balaban J connectivity index is 2.07. The van der Waals surface area contributed by atoms with Gasteiger partial charge in [0, 0.05) is 5.02 Å². The summed E-state index contributed by atoms with van der Waals surface area (Å²) in [6.07, 6.45) is -2.85. The molecule has 0 fully saturated rings. The first kappa shape index (κ1) is 17.4. The standard InChI is InChI=1S/C16H12ClF2N3O2S/c17-11-8-6-10(7-9-11)13-14(15(18)19)20-21-16(13)22-25(23,24)12-4-2-1-3-5-12/h1-9,15H,(H2,20,21,22). The average molecular weight is 384 g/mol. The monoisotopic (exact) mass is 383 g/mol. The highest BCUT2D eigenvalue weighted by Crippen LogP contribution is 2.36. The maximum atomic E-state index is 13.3. The zero-order chi connectivity index (χ0) is 18.0. The minimum Gasteiger partial charge on any atom is -0.274 e. The number of anilines is 1. The molecule has 0 saturated carbocycles. The fourth-order valence-corrected chi connectivity index (χ4v) is 3.44. The van der Waals surface area contributed by atoms with Gasteiger partial charge in [0.05, 0.1) is 10.5 Å². The fraction of sp³-hybridized carbons (Fsp3) is 0.0625. The van der Waals surface area contributed by atoms with Crippen molar-refractivity contribution >= 4 is 27.4 Å². The average Bonchev–Trinajstić information content (AvgIpc) is 2.99. The van der Waals surface area contributed by atoms with E-state index < -0.39 is 22.1 Å². The smallest absolute Gasteiger partial charge is 0.274 e. The van der Waals surface area contributed by atoms with Crippen LogP contribution < -0.4 is 4.72 Å². The van der Waals surface area contributed by atoms with E-state index in [2.05, 4.69) is 14.9 Å². The Bertz CT molecular complexity index is 974. The van der Waals surface area contributed by atoms with Gasteiger partial charge in [0.15, 0.2) is 5.82 Å². The van der Waals surface area contributed by atoms with Crippen molar-refractivity contribution in [2.75, 3.05) is 4.72 Å². The second kappa shape index (κ2) is 6.81. The van der Waals surface area contributed by atoms with Gasteiger partial charge in [-0.05, 0) is 29.8 Å². The predicted molar refractivity (Wildman–Crippen MR) is 91.2 cm³/mol. The van der Waals surface area contributed by atoms with Crippen molar-refractivity contribution in [2.45, 2.75) is 11.3 Å². The van der Waals surface area contributed by atoms with Crippen LogP contribution >= 0.6 is 11.6 Å². The van der Waals surface area contributed by atoms with E-state index >= 15 is 0 Å². The predicted octanol–water partition coefficient (Wildman–Crippen LogP) is 4.47. The van der Waals surface area contributed by atoms with Gasteiger partial charge >= 0.3 is 0 Å². The van der Waals surface area contributed by atoms with Gasteiger partial charge in [0.25, 0.3) is 16.4 Å². The lowest BCUT2D eigenvalue weighted by atomic mass is 10.1. The molecule has 0 aliphatic rings. The molecule has 9 heteroatoms. The molecule has 1 aromatic heterocycles. The van der Waals surface area contributed by atoms with Crippen LogP contribution in [0.3, 0.4) is 0 Å². The molecule has 2 aromatic carbocycles. The van der Waals surface area contributed by atoms with Gasteiger partial charge in [-0.25, -0.2) is 17.2 Å². The molecule has 1 heterocycles. The maximum Gasteiger partial charge on any atom is 0.280 e. The number of halogens is 3. The number of nitrogens with one attached hydrogen (secondary N) is 2. The Labute approximate surface area is 147 Å². The molecule has 0 radical (unpaired) electrons. The summed E-state index contributed by atoms with van der Waals surface area (Å²) < 4.78 is 53.7. The number of sulfonamides is 1. The lowest BCUT2D eigenvalue weighted by molar-refractivity contribution is 0.146. The van der Waals surface area contributed by atoms with Gasteiger partial charge in [-0.1, -0.05) is 41.9 Å². The third-order valence-electron chi connectivity index (χ3n) is 3.43.